The molecule has 2 aromatic carbocycles. The second-order valence-electron chi connectivity index (χ2n) is 5.45. The zero-order valence-electron chi connectivity index (χ0n) is 12.6. The topological polar surface area (TPSA) is 41.8 Å². The molecule has 0 saturated carbocycles. The molecule has 0 radical (unpaired) electrons. The number of aromatic hydroxyl groups is 1. The van der Waals surface area contributed by atoms with Gasteiger partial charge < -0.3 is 9.84 Å². The molecule has 3 rings (SSSR count). The standard InChI is InChI=1S/C18H19NO2/c1-4-21-13-9-10-17(20)15(11-13)18(3)12(2)19-16-8-6-5-7-14(16)18/h5-11,20H,4H2,1-3H3. The van der Waals surface area contributed by atoms with Gasteiger partial charge in [0.1, 0.15) is 11.5 Å². The minimum Gasteiger partial charge on any atom is -0.508 e. The number of aliphatic imine (C=N–C) groups is 1. The van der Waals surface area contributed by atoms with E-state index in [0.717, 1.165) is 28.3 Å². The highest BCUT2D eigenvalue weighted by Crippen LogP contribution is 2.47. The van der Waals surface area contributed by atoms with Crippen LogP contribution in [0.25, 0.3) is 0 Å². The van der Waals surface area contributed by atoms with Crippen molar-refractivity contribution in [2.45, 2.75) is 26.2 Å². The van der Waals surface area contributed by atoms with Crippen molar-refractivity contribution in [2.75, 3.05) is 6.61 Å². The van der Waals surface area contributed by atoms with Crippen LogP contribution in [0.15, 0.2) is 47.5 Å². The first kappa shape index (κ1) is 13.7. The van der Waals surface area contributed by atoms with Crippen molar-refractivity contribution in [1.29, 1.82) is 0 Å². The second kappa shape index (κ2) is 4.92. The van der Waals surface area contributed by atoms with Crippen LogP contribution in [0, 0.1) is 0 Å². The normalized spacial score (nSPS) is 20.0. The van der Waals surface area contributed by atoms with E-state index in [1.54, 1.807) is 12.1 Å². The number of hydrogen-bond acceptors (Lipinski definition) is 3. The first-order valence-electron chi connectivity index (χ1n) is 7.19. The van der Waals surface area contributed by atoms with E-state index in [-0.39, 0.29) is 5.75 Å². The number of ether oxygens (including phenoxy) is 1. The summed E-state index contributed by atoms with van der Waals surface area (Å²) in [6.45, 7) is 6.66. The van der Waals surface area contributed by atoms with E-state index in [0.29, 0.717) is 6.61 Å². The Morgan fingerprint density at radius 3 is 2.67 bits per heavy atom. The van der Waals surface area contributed by atoms with E-state index >= 15 is 0 Å². The number of fused-ring (bicyclic) bond motifs is 1. The molecule has 1 unspecified atom stereocenters. The molecule has 1 atom stereocenters. The molecule has 21 heavy (non-hydrogen) atoms. The number of hydrogen-bond donors (Lipinski definition) is 1. The van der Waals surface area contributed by atoms with E-state index in [2.05, 4.69) is 18.0 Å². The van der Waals surface area contributed by atoms with Crippen molar-refractivity contribution in [3.05, 3.63) is 53.6 Å². The molecule has 108 valence electrons. The number of para-hydroxylation sites is 1. The van der Waals surface area contributed by atoms with Gasteiger partial charge in [-0.05, 0) is 50.6 Å². The van der Waals surface area contributed by atoms with Crippen molar-refractivity contribution in [3.63, 3.8) is 0 Å². The first-order chi connectivity index (χ1) is 10.1. The van der Waals surface area contributed by atoms with Gasteiger partial charge >= 0.3 is 0 Å². The predicted octanol–water partition coefficient (Wildman–Crippen LogP) is 4.20. The van der Waals surface area contributed by atoms with Crippen molar-refractivity contribution in [3.8, 4) is 11.5 Å². The Balaban J connectivity index is 2.20. The summed E-state index contributed by atoms with van der Waals surface area (Å²) in [5.41, 5.74) is 3.48. The fraction of sp³-hybridized carbons (Fsp3) is 0.278. The third-order valence-electron chi connectivity index (χ3n) is 4.27. The smallest absolute Gasteiger partial charge is 0.120 e. The molecule has 1 aliphatic rings. The van der Waals surface area contributed by atoms with Gasteiger partial charge in [-0.1, -0.05) is 18.2 Å². The average Bonchev–Trinajstić information content (AvgIpc) is 2.74. The maximum Gasteiger partial charge on any atom is 0.120 e. The van der Waals surface area contributed by atoms with Crippen LogP contribution in [0.4, 0.5) is 5.69 Å². The van der Waals surface area contributed by atoms with Gasteiger partial charge in [0.25, 0.3) is 0 Å². The van der Waals surface area contributed by atoms with Gasteiger partial charge in [-0.15, -0.1) is 0 Å². The largest absolute Gasteiger partial charge is 0.508 e. The molecular formula is C18H19NO2. The lowest BCUT2D eigenvalue weighted by Crippen LogP contribution is -2.29. The van der Waals surface area contributed by atoms with Gasteiger partial charge in [0.2, 0.25) is 0 Å². The summed E-state index contributed by atoms with van der Waals surface area (Å²) in [4.78, 5) is 4.66. The Labute approximate surface area is 124 Å². The first-order valence-corrected chi connectivity index (χ1v) is 7.19. The monoisotopic (exact) mass is 281 g/mol. The maximum absolute atomic E-state index is 10.4. The van der Waals surface area contributed by atoms with Crippen LogP contribution in [0.5, 0.6) is 11.5 Å². The molecule has 1 heterocycles. The summed E-state index contributed by atoms with van der Waals surface area (Å²) in [5.74, 6) is 1.04. The number of phenols is 1. The average molecular weight is 281 g/mol. The van der Waals surface area contributed by atoms with Gasteiger partial charge in [0, 0.05) is 11.3 Å². The van der Waals surface area contributed by atoms with Gasteiger partial charge in [-0.25, -0.2) is 0 Å². The number of rotatable bonds is 3. The lowest BCUT2D eigenvalue weighted by molar-refractivity contribution is 0.338. The Morgan fingerprint density at radius 1 is 1.14 bits per heavy atom. The van der Waals surface area contributed by atoms with Gasteiger partial charge in [-0.2, -0.15) is 0 Å². The molecule has 3 nitrogen and oxygen atoms in total. The molecule has 0 spiro atoms. The minimum absolute atomic E-state index is 0.271. The lowest BCUT2D eigenvalue weighted by Gasteiger charge is -2.28. The molecule has 2 aromatic rings. The predicted molar refractivity (Wildman–Crippen MR) is 84.9 cm³/mol. The summed E-state index contributed by atoms with van der Waals surface area (Å²) in [6.07, 6.45) is 0. The van der Waals surface area contributed by atoms with Crippen molar-refractivity contribution in [1.82, 2.24) is 0 Å². The fourth-order valence-electron chi connectivity index (χ4n) is 2.99. The van der Waals surface area contributed by atoms with Crippen LogP contribution in [0.2, 0.25) is 0 Å². The van der Waals surface area contributed by atoms with Crippen LogP contribution in [-0.4, -0.2) is 17.4 Å². The quantitative estimate of drug-likeness (QED) is 0.916. The fourth-order valence-corrected chi connectivity index (χ4v) is 2.99. The third-order valence-corrected chi connectivity index (χ3v) is 4.27. The number of phenolic OH excluding ortho intramolecular Hbond substituents is 1. The van der Waals surface area contributed by atoms with E-state index in [1.807, 2.05) is 38.1 Å². The zero-order chi connectivity index (χ0) is 15.0. The SMILES string of the molecule is CCOc1ccc(O)c(C2(C)C(C)=Nc3ccccc32)c1. The van der Waals surface area contributed by atoms with Gasteiger partial charge in [-0.3, -0.25) is 4.99 Å². The summed E-state index contributed by atoms with van der Waals surface area (Å²) < 4.78 is 5.58. The zero-order valence-corrected chi connectivity index (χ0v) is 12.6. The Kier molecular flexibility index (Phi) is 3.20. The van der Waals surface area contributed by atoms with Crippen LogP contribution in [0.3, 0.4) is 0 Å². The highest BCUT2D eigenvalue weighted by atomic mass is 16.5. The molecule has 1 aliphatic heterocycles. The molecule has 0 aliphatic carbocycles. The van der Waals surface area contributed by atoms with Gasteiger partial charge in [0.05, 0.1) is 17.7 Å². The Bertz CT molecular complexity index is 721. The van der Waals surface area contributed by atoms with Crippen LogP contribution in [-0.2, 0) is 5.41 Å². The van der Waals surface area contributed by atoms with Crippen LogP contribution >= 0.6 is 0 Å². The van der Waals surface area contributed by atoms with Crippen LogP contribution < -0.4 is 4.74 Å². The van der Waals surface area contributed by atoms with E-state index < -0.39 is 5.41 Å². The van der Waals surface area contributed by atoms with Crippen molar-refractivity contribution >= 4 is 11.4 Å². The molecule has 1 N–H and O–H groups in total. The van der Waals surface area contributed by atoms with Crippen LogP contribution in [0.1, 0.15) is 31.9 Å². The molecular weight excluding hydrogens is 262 g/mol. The highest BCUT2D eigenvalue weighted by Gasteiger charge is 2.40. The summed E-state index contributed by atoms with van der Waals surface area (Å²) in [5, 5.41) is 10.4. The Hall–Kier alpha value is -2.29. The third kappa shape index (κ3) is 2.00. The van der Waals surface area contributed by atoms with E-state index in [4.69, 9.17) is 4.74 Å². The van der Waals surface area contributed by atoms with E-state index in [1.165, 1.54) is 0 Å². The number of benzene rings is 2. The minimum atomic E-state index is -0.423. The molecule has 0 amide bonds. The lowest BCUT2D eigenvalue weighted by atomic mass is 9.73. The summed E-state index contributed by atoms with van der Waals surface area (Å²) in [7, 11) is 0. The highest BCUT2D eigenvalue weighted by molar-refractivity contribution is 6.03. The molecule has 0 fully saturated rings. The summed E-state index contributed by atoms with van der Waals surface area (Å²) in [6, 6.07) is 13.5. The number of nitrogens with zero attached hydrogens (tertiary/aromatic N) is 1. The van der Waals surface area contributed by atoms with Crippen molar-refractivity contribution in [2.24, 2.45) is 4.99 Å². The Morgan fingerprint density at radius 2 is 1.90 bits per heavy atom. The van der Waals surface area contributed by atoms with Gasteiger partial charge in [0.15, 0.2) is 0 Å². The van der Waals surface area contributed by atoms with Crippen molar-refractivity contribution < 1.29 is 9.84 Å². The van der Waals surface area contributed by atoms with E-state index in [9.17, 15) is 5.11 Å². The second-order valence-corrected chi connectivity index (χ2v) is 5.45. The maximum atomic E-state index is 10.4. The molecule has 0 aromatic heterocycles. The molecule has 0 bridgehead atoms. The summed E-state index contributed by atoms with van der Waals surface area (Å²) >= 11 is 0. The molecule has 3 heteroatoms. The molecule has 0 saturated heterocycles.